The summed E-state index contributed by atoms with van der Waals surface area (Å²) in [6.45, 7) is 7.02. The molecule has 29 heavy (non-hydrogen) atoms. The lowest BCUT2D eigenvalue weighted by Gasteiger charge is -2.41. The average Bonchev–Trinajstić information content (AvgIpc) is 3.09. The minimum atomic E-state index is 0.0702. The van der Waals surface area contributed by atoms with Gasteiger partial charge in [0.05, 0.1) is 12.7 Å². The number of amides is 1. The summed E-state index contributed by atoms with van der Waals surface area (Å²) in [6.07, 6.45) is 3.00. The lowest BCUT2D eigenvalue weighted by Crippen LogP contribution is -2.54. The molecule has 0 radical (unpaired) electrons. The quantitative estimate of drug-likeness (QED) is 0.585. The first-order chi connectivity index (χ1) is 14.2. The van der Waals surface area contributed by atoms with E-state index in [4.69, 9.17) is 4.74 Å². The maximum absolute atomic E-state index is 11.8. The van der Waals surface area contributed by atoms with Crippen LogP contribution in [0.15, 0.2) is 35.3 Å². The van der Waals surface area contributed by atoms with Crippen LogP contribution in [-0.4, -0.2) is 80.7 Å². The van der Waals surface area contributed by atoms with Gasteiger partial charge in [-0.3, -0.25) is 14.7 Å². The van der Waals surface area contributed by atoms with E-state index in [-0.39, 0.29) is 17.4 Å². The number of guanidine groups is 1. The van der Waals surface area contributed by atoms with E-state index in [0.29, 0.717) is 6.42 Å². The molecule has 7 nitrogen and oxygen atoms in total. The van der Waals surface area contributed by atoms with Crippen LogP contribution < -0.4 is 10.6 Å². The summed E-state index contributed by atoms with van der Waals surface area (Å²) >= 11 is 0. The van der Waals surface area contributed by atoms with Crippen LogP contribution in [0.5, 0.6) is 0 Å². The van der Waals surface area contributed by atoms with Crippen LogP contribution in [0.2, 0.25) is 0 Å². The van der Waals surface area contributed by atoms with Crippen molar-refractivity contribution in [3.63, 3.8) is 0 Å². The highest BCUT2D eigenvalue weighted by molar-refractivity contribution is 5.81. The summed E-state index contributed by atoms with van der Waals surface area (Å²) in [5.41, 5.74) is 1.41. The van der Waals surface area contributed by atoms with Gasteiger partial charge in [0.25, 0.3) is 0 Å². The maximum Gasteiger partial charge on any atom is 0.220 e. The molecule has 1 spiro atoms. The highest BCUT2D eigenvalue weighted by Gasteiger charge is 2.42. The summed E-state index contributed by atoms with van der Waals surface area (Å²) in [5.74, 6) is 1.11. The van der Waals surface area contributed by atoms with Gasteiger partial charge >= 0.3 is 0 Å². The van der Waals surface area contributed by atoms with E-state index in [1.54, 1.807) is 0 Å². The Kier molecular flexibility index (Phi) is 6.35. The summed E-state index contributed by atoms with van der Waals surface area (Å²) in [5, 5.41) is 6.54. The smallest absolute Gasteiger partial charge is 0.220 e. The molecule has 3 fully saturated rings. The second-order valence-electron chi connectivity index (χ2n) is 8.62. The van der Waals surface area contributed by atoms with Crippen LogP contribution in [0.25, 0.3) is 0 Å². The van der Waals surface area contributed by atoms with Gasteiger partial charge in [-0.1, -0.05) is 30.3 Å². The first-order valence-corrected chi connectivity index (χ1v) is 10.8. The van der Waals surface area contributed by atoms with Crippen LogP contribution in [0.3, 0.4) is 0 Å². The number of ether oxygens (including phenoxy) is 1. The van der Waals surface area contributed by atoms with Gasteiger partial charge in [0.2, 0.25) is 5.91 Å². The normalized spacial score (nSPS) is 28.6. The van der Waals surface area contributed by atoms with Crippen LogP contribution in [0.1, 0.15) is 24.8 Å². The van der Waals surface area contributed by atoms with E-state index in [1.807, 2.05) is 7.05 Å². The third-order valence-corrected chi connectivity index (χ3v) is 6.33. The number of piperidine rings is 1. The zero-order valence-electron chi connectivity index (χ0n) is 17.4. The molecule has 1 aromatic rings. The largest absolute Gasteiger partial charge is 0.374 e. The molecule has 3 saturated heterocycles. The molecule has 4 rings (SSSR count). The Morgan fingerprint density at radius 3 is 2.97 bits per heavy atom. The Labute approximate surface area is 173 Å². The maximum atomic E-state index is 11.8. The van der Waals surface area contributed by atoms with Crippen LogP contribution in [0, 0.1) is 5.41 Å². The molecule has 1 aromatic carbocycles. The van der Waals surface area contributed by atoms with E-state index < -0.39 is 0 Å². The number of carbonyl (C=O) groups excluding carboxylic acids is 1. The van der Waals surface area contributed by atoms with Gasteiger partial charge in [-0.25, -0.2) is 0 Å². The Morgan fingerprint density at radius 2 is 2.21 bits per heavy atom. The summed E-state index contributed by atoms with van der Waals surface area (Å²) < 4.78 is 6.00. The second-order valence-corrected chi connectivity index (χ2v) is 8.62. The predicted molar refractivity (Wildman–Crippen MR) is 114 cm³/mol. The number of likely N-dealkylation sites (tertiary alicyclic amines) is 1. The van der Waals surface area contributed by atoms with Gasteiger partial charge in [0, 0.05) is 64.7 Å². The van der Waals surface area contributed by atoms with Crippen molar-refractivity contribution in [2.75, 3.05) is 52.9 Å². The standard InChI is InChI=1S/C22H33N5O2/c1-23-21(27-9-5-8-22(17-27)12-20(28)25-16-22)24-13-19-15-26(10-11-29-19)14-18-6-3-2-4-7-18/h2-4,6-7,19H,5,8-17H2,1H3,(H,23,24)(H,25,28). The molecular formula is C22H33N5O2. The Balaban J connectivity index is 1.28. The lowest BCUT2D eigenvalue weighted by molar-refractivity contribution is -0.119. The highest BCUT2D eigenvalue weighted by Crippen LogP contribution is 2.35. The van der Waals surface area contributed by atoms with Gasteiger partial charge in [0.15, 0.2) is 5.96 Å². The zero-order chi connectivity index (χ0) is 20.1. The minimum absolute atomic E-state index is 0.0702. The van der Waals surface area contributed by atoms with E-state index in [0.717, 1.165) is 71.2 Å². The molecule has 2 atom stereocenters. The van der Waals surface area contributed by atoms with Crippen molar-refractivity contribution in [1.29, 1.82) is 0 Å². The molecule has 7 heteroatoms. The average molecular weight is 400 g/mol. The van der Waals surface area contributed by atoms with Crippen molar-refractivity contribution < 1.29 is 9.53 Å². The third-order valence-electron chi connectivity index (χ3n) is 6.33. The van der Waals surface area contributed by atoms with Crippen molar-refractivity contribution in [2.24, 2.45) is 10.4 Å². The molecule has 0 aromatic heterocycles. The molecule has 0 saturated carbocycles. The number of nitrogens with zero attached hydrogens (tertiary/aromatic N) is 3. The molecule has 158 valence electrons. The molecule has 2 unspecified atom stereocenters. The fourth-order valence-electron chi connectivity index (χ4n) is 4.86. The molecule has 1 amide bonds. The van der Waals surface area contributed by atoms with Gasteiger partial charge < -0.3 is 20.3 Å². The zero-order valence-corrected chi connectivity index (χ0v) is 17.4. The third kappa shape index (κ3) is 5.08. The number of morpholine rings is 1. The molecule has 3 aliphatic rings. The monoisotopic (exact) mass is 399 g/mol. The number of hydrogen-bond donors (Lipinski definition) is 2. The van der Waals surface area contributed by atoms with Gasteiger partial charge in [0.1, 0.15) is 0 Å². The number of aliphatic imine (C=N–C) groups is 1. The second kappa shape index (κ2) is 9.13. The molecule has 3 heterocycles. The SMILES string of the molecule is CN=C(NCC1CN(Cc2ccccc2)CCO1)N1CCCC2(CNC(=O)C2)C1. The molecule has 2 N–H and O–H groups in total. The molecular weight excluding hydrogens is 366 g/mol. The van der Waals surface area contributed by atoms with Gasteiger partial charge in [-0.2, -0.15) is 0 Å². The van der Waals surface area contributed by atoms with Gasteiger partial charge in [-0.05, 0) is 18.4 Å². The summed E-state index contributed by atoms with van der Waals surface area (Å²) in [7, 11) is 1.84. The van der Waals surface area contributed by atoms with E-state index >= 15 is 0 Å². The first-order valence-electron chi connectivity index (χ1n) is 10.8. The number of nitrogens with one attached hydrogen (secondary N) is 2. The lowest BCUT2D eigenvalue weighted by atomic mass is 9.79. The van der Waals surface area contributed by atoms with E-state index in [9.17, 15) is 4.79 Å². The van der Waals surface area contributed by atoms with Crippen molar-refractivity contribution >= 4 is 11.9 Å². The number of hydrogen-bond acceptors (Lipinski definition) is 4. The fourth-order valence-corrected chi connectivity index (χ4v) is 4.86. The number of rotatable bonds is 4. The topological polar surface area (TPSA) is 69.2 Å². The summed E-state index contributed by atoms with van der Waals surface area (Å²) in [6, 6.07) is 10.6. The van der Waals surface area contributed by atoms with Crippen LogP contribution in [0.4, 0.5) is 0 Å². The number of benzene rings is 1. The summed E-state index contributed by atoms with van der Waals surface area (Å²) in [4.78, 5) is 21.0. The van der Waals surface area contributed by atoms with Crippen molar-refractivity contribution in [1.82, 2.24) is 20.4 Å². The van der Waals surface area contributed by atoms with Crippen molar-refractivity contribution in [3.8, 4) is 0 Å². The van der Waals surface area contributed by atoms with E-state index in [1.165, 1.54) is 5.56 Å². The van der Waals surface area contributed by atoms with E-state index in [2.05, 4.69) is 55.8 Å². The Morgan fingerprint density at radius 1 is 1.34 bits per heavy atom. The molecule has 0 aliphatic carbocycles. The Hall–Kier alpha value is -2.12. The van der Waals surface area contributed by atoms with Crippen LogP contribution in [-0.2, 0) is 16.1 Å². The predicted octanol–water partition coefficient (Wildman–Crippen LogP) is 1.06. The highest BCUT2D eigenvalue weighted by atomic mass is 16.5. The van der Waals surface area contributed by atoms with Crippen molar-refractivity contribution in [3.05, 3.63) is 35.9 Å². The number of carbonyl (C=O) groups is 1. The van der Waals surface area contributed by atoms with Crippen molar-refractivity contribution in [2.45, 2.75) is 31.9 Å². The fraction of sp³-hybridized carbons (Fsp3) is 0.636. The molecule has 0 bridgehead atoms. The Bertz CT molecular complexity index is 725. The minimum Gasteiger partial charge on any atom is -0.374 e. The molecule has 3 aliphatic heterocycles. The van der Waals surface area contributed by atoms with Crippen LogP contribution >= 0.6 is 0 Å². The van der Waals surface area contributed by atoms with Gasteiger partial charge in [-0.15, -0.1) is 0 Å². The first kappa shape index (κ1) is 20.2.